The molecule has 1 aliphatic heterocycles. The van der Waals surface area contributed by atoms with Gasteiger partial charge in [0.25, 0.3) is 5.89 Å². The van der Waals surface area contributed by atoms with Crippen molar-refractivity contribution < 1.29 is 19.5 Å². The van der Waals surface area contributed by atoms with E-state index in [-0.39, 0.29) is 23.5 Å². The molecule has 2 N–H and O–H groups in total. The molecule has 1 atom stereocenters. The Labute approximate surface area is 113 Å². The molecule has 1 aliphatic rings. The molecule has 6 nitrogen and oxygen atoms in total. The highest BCUT2D eigenvalue weighted by molar-refractivity contribution is 7.99. The second-order valence-electron chi connectivity index (χ2n) is 4.13. The lowest BCUT2D eigenvalue weighted by Gasteiger charge is -2.18. The van der Waals surface area contributed by atoms with Crippen molar-refractivity contribution in [2.45, 2.75) is 6.10 Å². The summed E-state index contributed by atoms with van der Waals surface area (Å²) in [5.74, 6) is 2.40. The SMILES string of the molecule is Oc1cc(O)cc(-c2nc(C3CSCCO3)no2)c1. The normalized spacial score (nSPS) is 19.5. The van der Waals surface area contributed by atoms with E-state index in [4.69, 9.17) is 9.26 Å². The summed E-state index contributed by atoms with van der Waals surface area (Å²) >= 11 is 1.78. The number of nitrogens with zero attached hydrogens (tertiary/aromatic N) is 2. The average Bonchev–Trinajstić information content (AvgIpc) is 2.88. The predicted octanol–water partition coefficient (Wildman–Crippen LogP) is 1.95. The molecule has 2 aromatic rings. The minimum atomic E-state index is -0.165. The van der Waals surface area contributed by atoms with Crippen molar-refractivity contribution in [3.8, 4) is 23.0 Å². The van der Waals surface area contributed by atoms with Crippen molar-refractivity contribution in [2.24, 2.45) is 0 Å². The Hall–Kier alpha value is -1.73. The maximum Gasteiger partial charge on any atom is 0.258 e. The van der Waals surface area contributed by atoms with E-state index in [1.165, 1.54) is 18.2 Å². The standard InChI is InChI=1S/C12H12N2O4S/c15-8-3-7(4-9(16)5-8)12-13-11(14-18-12)10-6-19-2-1-17-10/h3-5,10,15-16H,1-2,6H2. The van der Waals surface area contributed by atoms with Crippen LogP contribution < -0.4 is 0 Å². The summed E-state index contributed by atoms with van der Waals surface area (Å²) in [5.41, 5.74) is 0.472. The van der Waals surface area contributed by atoms with Crippen molar-refractivity contribution >= 4 is 11.8 Å². The van der Waals surface area contributed by atoms with E-state index >= 15 is 0 Å². The molecule has 1 fully saturated rings. The molecule has 19 heavy (non-hydrogen) atoms. The number of thioether (sulfide) groups is 1. The Morgan fingerprint density at radius 2 is 2.00 bits per heavy atom. The minimum absolute atomic E-state index is 0.0563. The van der Waals surface area contributed by atoms with Gasteiger partial charge in [0.15, 0.2) is 0 Å². The van der Waals surface area contributed by atoms with Gasteiger partial charge in [-0.05, 0) is 12.1 Å². The molecular formula is C12H12N2O4S. The molecule has 7 heteroatoms. The van der Waals surface area contributed by atoms with Crippen LogP contribution in [0.15, 0.2) is 22.7 Å². The number of benzene rings is 1. The highest BCUT2D eigenvalue weighted by Crippen LogP contribution is 2.30. The van der Waals surface area contributed by atoms with Crippen molar-refractivity contribution in [2.75, 3.05) is 18.1 Å². The first-order valence-electron chi connectivity index (χ1n) is 5.79. The van der Waals surface area contributed by atoms with Gasteiger partial charge in [0.2, 0.25) is 5.82 Å². The number of phenolic OH excluding ortho intramolecular Hbond substituents is 2. The lowest BCUT2D eigenvalue weighted by atomic mass is 10.2. The van der Waals surface area contributed by atoms with Crippen LogP contribution in [0.25, 0.3) is 11.5 Å². The first-order chi connectivity index (χ1) is 9.22. The Morgan fingerprint density at radius 1 is 1.21 bits per heavy atom. The first kappa shape index (κ1) is 12.3. The molecule has 0 saturated carbocycles. The molecule has 0 aliphatic carbocycles. The summed E-state index contributed by atoms with van der Waals surface area (Å²) in [5, 5.41) is 22.8. The fourth-order valence-corrected chi connectivity index (χ4v) is 2.68. The molecule has 0 amide bonds. The molecule has 0 spiro atoms. The average molecular weight is 280 g/mol. The van der Waals surface area contributed by atoms with Crippen LogP contribution in [-0.2, 0) is 4.74 Å². The maximum atomic E-state index is 9.43. The molecule has 1 unspecified atom stereocenters. The van der Waals surface area contributed by atoms with Crippen molar-refractivity contribution in [3.63, 3.8) is 0 Å². The monoisotopic (exact) mass is 280 g/mol. The molecule has 1 aromatic carbocycles. The number of phenols is 2. The summed E-state index contributed by atoms with van der Waals surface area (Å²) in [6.07, 6.45) is -0.165. The smallest absolute Gasteiger partial charge is 0.258 e. The fourth-order valence-electron chi connectivity index (χ4n) is 1.84. The molecule has 1 aromatic heterocycles. The van der Waals surface area contributed by atoms with E-state index in [1.807, 2.05) is 0 Å². The van der Waals surface area contributed by atoms with Gasteiger partial charge >= 0.3 is 0 Å². The van der Waals surface area contributed by atoms with Crippen LogP contribution in [0.3, 0.4) is 0 Å². The highest BCUT2D eigenvalue weighted by atomic mass is 32.2. The third-order valence-corrected chi connectivity index (χ3v) is 3.69. The van der Waals surface area contributed by atoms with Crippen molar-refractivity contribution in [3.05, 3.63) is 24.0 Å². The minimum Gasteiger partial charge on any atom is -0.508 e. The molecule has 100 valence electrons. The molecular weight excluding hydrogens is 268 g/mol. The van der Waals surface area contributed by atoms with Crippen LogP contribution in [0.4, 0.5) is 0 Å². The van der Waals surface area contributed by atoms with Gasteiger partial charge in [-0.1, -0.05) is 5.16 Å². The Bertz CT molecular complexity index is 561. The van der Waals surface area contributed by atoms with E-state index < -0.39 is 0 Å². The van der Waals surface area contributed by atoms with E-state index in [0.717, 1.165) is 11.5 Å². The summed E-state index contributed by atoms with van der Waals surface area (Å²) in [7, 11) is 0. The van der Waals surface area contributed by atoms with E-state index in [2.05, 4.69) is 10.1 Å². The summed E-state index contributed by atoms with van der Waals surface area (Å²) in [6, 6.07) is 4.14. The highest BCUT2D eigenvalue weighted by Gasteiger charge is 2.22. The van der Waals surface area contributed by atoms with E-state index in [9.17, 15) is 10.2 Å². The quantitative estimate of drug-likeness (QED) is 0.869. The van der Waals surface area contributed by atoms with Gasteiger partial charge in [-0.2, -0.15) is 16.7 Å². The first-order valence-corrected chi connectivity index (χ1v) is 6.94. The predicted molar refractivity (Wildman–Crippen MR) is 69.1 cm³/mol. The topological polar surface area (TPSA) is 88.6 Å². The van der Waals surface area contributed by atoms with Crippen LogP contribution in [0, 0.1) is 0 Å². The van der Waals surface area contributed by atoms with Crippen LogP contribution in [-0.4, -0.2) is 38.5 Å². The van der Waals surface area contributed by atoms with Gasteiger partial charge in [-0.3, -0.25) is 0 Å². The molecule has 0 radical (unpaired) electrons. The van der Waals surface area contributed by atoms with Crippen LogP contribution in [0.5, 0.6) is 11.5 Å². The second-order valence-corrected chi connectivity index (χ2v) is 5.28. The lowest BCUT2D eigenvalue weighted by molar-refractivity contribution is 0.0677. The third kappa shape index (κ3) is 2.66. The zero-order valence-electron chi connectivity index (χ0n) is 9.94. The Morgan fingerprint density at radius 3 is 2.68 bits per heavy atom. The molecule has 1 saturated heterocycles. The number of aromatic nitrogens is 2. The summed E-state index contributed by atoms with van der Waals surface area (Å²) < 4.78 is 10.7. The Kier molecular flexibility index (Phi) is 3.31. The zero-order valence-corrected chi connectivity index (χ0v) is 10.8. The summed E-state index contributed by atoms with van der Waals surface area (Å²) in [4.78, 5) is 4.25. The van der Waals surface area contributed by atoms with Gasteiger partial charge in [0.05, 0.1) is 6.61 Å². The number of rotatable bonds is 2. The lowest BCUT2D eigenvalue weighted by Crippen LogP contribution is -2.16. The maximum absolute atomic E-state index is 9.43. The zero-order chi connectivity index (χ0) is 13.2. The van der Waals surface area contributed by atoms with Crippen LogP contribution in [0.1, 0.15) is 11.9 Å². The van der Waals surface area contributed by atoms with Gasteiger partial charge in [0.1, 0.15) is 17.6 Å². The van der Waals surface area contributed by atoms with E-state index in [0.29, 0.717) is 18.0 Å². The van der Waals surface area contributed by atoms with Gasteiger partial charge in [0, 0.05) is 23.1 Å². The number of hydrogen-bond donors (Lipinski definition) is 2. The van der Waals surface area contributed by atoms with Crippen molar-refractivity contribution in [1.29, 1.82) is 0 Å². The fraction of sp³-hybridized carbons (Fsp3) is 0.333. The third-order valence-electron chi connectivity index (χ3n) is 2.70. The largest absolute Gasteiger partial charge is 0.508 e. The number of ether oxygens (including phenoxy) is 1. The number of hydrogen-bond acceptors (Lipinski definition) is 7. The van der Waals surface area contributed by atoms with Crippen LogP contribution >= 0.6 is 11.8 Å². The van der Waals surface area contributed by atoms with Gasteiger partial charge < -0.3 is 19.5 Å². The molecule has 2 heterocycles. The van der Waals surface area contributed by atoms with Gasteiger partial charge in [-0.25, -0.2) is 0 Å². The summed E-state index contributed by atoms with van der Waals surface area (Å²) in [6.45, 7) is 0.673. The van der Waals surface area contributed by atoms with Gasteiger partial charge in [-0.15, -0.1) is 0 Å². The Balaban J connectivity index is 1.87. The number of aromatic hydroxyl groups is 2. The second kappa shape index (κ2) is 5.10. The van der Waals surface area contributed by atoms with E-state index in [1.54, 1.807) is 11.8 Å². The molecule has 0 bridgehead atoms. The van der Waals surface area contributed by atoms with Crippen molar-refractivity contribution in [1.82, 2.24) is 10.1 Å². The van der Waals surface area contributed by atoms with Crippen LogP contribution in [0.2, 0.25) is 0 Å². The molecule has 3 rings (SSSR count).